The maximum absolute atomic E-state index is 12.4. The molecule has 0 aromatic carbocycles. The molecule has 0 amide bonds. The van der Waals surface area contributed by atoms with Crippen molar-refractivity contribution in [3.63, 3.8) is 0 Å². The van der Waals surface area contributed by atoms with Gasteiger partial charge in [-0.05, 0) is 25.1 Å². The molecule has 1 fully saturated rings. The zero-order valence-electron chi connectivity index (χ0n) is 16.2. The maximum atomic E-state index is 12.4. The molecule has 1 N–H and O–H groups in total. The molecule has 5 heterocycles. The standard InChI is InChI=1S/C20H21N5O3S/c1-13-12-28-8-7-24(13)20-15-4-6-25(29(2,26)27)19(15)9-17(23-20)16-10-21-11-18-14(16)3-5-22-18/h3-6,9-11,13,22H,7-8,12H2,1-2H3/t13-/m1/s1. The Kier molecular flexibility index (Phi) is 4.11. The van der Waals surface area contributed by atoms with Gasteiger partial charge in [0.05, 0.1) is 48.4 Å². The second-order valence-corrected chi connectivity index (χ2v) is 9.24. The molecule has 0 saturated carbocycles. The molecule has 29 heavy (non-hydrogen) atoms. The Balaban J connectivity index is 1.82. The Hall–Kier alpha value is -2.91. The summed E-state index contributed by atoms with van der Waals surface area (Å²) < 4.78 is 31.6. The molecule has 150 valence electrons. The number of H-pyrrole nitrogens is 1. The quantitative estimate of drug-likeness (QED) is 0.557. The molecule has 8 nitrogen and oxygen atoms in total. The number of aromatic nitrogens is 4. The highest BCUT2D eigenvalue weighted by Gasteiger charge is 2.25. The van der Waals surface area contributed by atoms with Gasteiger partial charge < -0.3 is 14.6 Å². The van der Waals surface area contributed by atoms with Gasteiger partial charge in [-0.3, -0.25) is 4.98 Å². The third-order valence-electron chi connectivity index (χ3n) is 5.38. The van der Waals surface area contributed by atoms with Crippen molar-refractivity contribution < 1.29 is 13.2 Å². The Morgan fingerprint density at radius 1 is 1.24 bits per heavy atom. The maximum Gasteiger partial charge on any atom is 0.236 e. The Morgan fingerprint density at radius 2 is 2.10 bits per heavy atom. The summed E-state index contributed by atoms with van der Waals surface area (Å²) in [6, 6.07) is 5.76. The molecule has 0 unspecified atom stereocenters. The van der Waals surface area contributed by atoms with Gasteiger partial charge in [-0.15, -0.1) is 0 Å². The van der Waals surface area contributed by atoms with Crippen LogP contribution in [-0.2, 0) is 14.8 Å². The van der Waals surface area contributed by atoms with E-state index in [0.29, 0.717) is 31.0 Å². The minimum atomic E-state index is -3.45. The first kappa shape index (κ1) is 18.1. The highest BCUT2D eigenvalue weighted by atomic mass is 32.2. The number of nitrogens with zero attached hydrogens (tertiary/aromatic N) is 4. The summed E-state index contributed by atoms with van der Waals surface area (Å²) in [4.78, 5) is 14.7. The SMILES string of the molecule is C[C@@H]1COCCN1c1nc(-c2cncc3[nH]ccc23)cc2c1ccn2S(C)(=O)=O. The molecule has 0 bridgehead atoms. The van der Waals surface area contributed by atoms with Gasteiger partial charge in [0.2, 0.25) is 10.0 Å². The van der Waals surface area contributed by atoms with Crippen molar-refractivity contribution >= 4 is 37.6 Å². The highest BCUT2D eigenvalue weighted by molar-refractivity contribution is 7.89. The van der Waals surface area contributed by atoms with Gasteiger partial charge in [0, 0.05) is 41.5 Å². The topological polar surface area (TPSA) is 93.1 Å². The van der Waals surface area contributed by atoms with Gasteiger partial charge in [-0.25, -0.2) is 17.4 Å². The molecule has 1 aliphatic rings. The lowest BCUT2D eigenvalue weighted by Gasteiger charge is -2.35. The van der Waals surface area contributed by atoms with E-state index >= 15 is 0 Å². The summed E-state index contributed by atoms with van der Waals surface area (Å²) in [6.07, 6.45) is 8.19. The van der Waals surface area contributed by atoms with Crippen LogP contribution in [0.15, 0.2) is 43.0 Å². The van der Waals surface area contributed by atoms with E-state index in [2.05, 4.69) is 21.8 Å². The number of aromatic amines is 1. The van der Waals surface area contributed by atoms with Crippen molar-refractivity contribution in [3.8, 4) is 11.3 Å². The predicted molar refractivity (Wildman–Crippen MR) is 113 cm³/mol. The van der Waals surface area contributed by atoms with E-state index in [1.807, 2.05) is 24.4 Å². The fraction of sp³-hybridized carbons (Fsp3) is 0.300. The van der Waals surface area contributed by atoms with Crippen molar-refractivity contribution in [2.45, 2.75) is 13.0 Å². The van der Waals surface area contributed by atoms with Crippen molar-refractivity contribution in [1.29, 1.82) is 0 Å². The molecule has 1 saturated heterocycles. The third-order valence-corrected chi connectivity index (χ3v) is 6.41. The predicted octanol–water partition coefficient (Wildman–Crippen LogP) is 2.61. The molecule has 0 radical (unpaired) electrons. The molecule has 1 aliphatic heterocycles. The van der Waals surface area contributed by atoms with E-state index in [-0.39, 0.29) is 6.04 Å². The van der Waals surface area contributed by atoms with Gasteiger partial charge in [0.25, 0.3) is 0 Å². The molecule has 4 aromatic rings. The first-order chi connectivity index (χ1) is 13.9. The summed E-state index contributed by atoms with van der Waals surface area (Å²) in [7, 11) is -3.45. The van der Waals surface area contributed by atoms with Crippen molar-refractivity contribution in [3.05, 3.63) is 43.0 Å². The number of ether oxygens (including phenoxy) is 1. The third kappa shape index (κ3) is 2.97. The van der Waals surface area contributed by atoms with Crippen LogP contribution in [-0.4, -0.2) is 59.4 Å². The molecule has 5 rings (SSSR count). The van der Waals surface area contributed by atoms with Gasteiger partial charge in [0.1, 0.15) is 5.82 Å². The number of hydrogen-bond acceptors (Lipinski definition) is 6. The summed E-state index contributed by atoms with van der Waals surface area (Å²) in [5, 5.41) is 1.80. The number of rotatable bonds is 3. The second kappa shape index (κ2) is 6.57. The normalized spacial score (nSPS) is 18.0. The van der Waals surface area contributed by atoms with E-state index < -0.39 is 10.0 Å². The first-order valence-electron chi connectivity index (χ1n) is 9.42. The average Bonchev–Trinajstić information content (AvgIpc) is 3.34. The monoisotopic (exact) mass is 411 g/mol. The van der Waals surface area contributed by atoms with Crippen LogP contribution in [0, 0.1) is 0 Å². The molecular formula is C20H21N5O3S. The minimum absolute atomic E-state index is 0.137. The number of anilines is 1. The zero-order chi connectivity index (χ0) is 20.2. The number of fused-ring (bicyclic) bond motifs is 2. The van der Waals surface area contributed by atoms with Crippen LogP contribution >= 0.6 is 0 Å². The number of hydrogen-bond donors (Lipinski definition) is 1. The molecule has 4 aromatic heterocycles. The lowest BCUT2D eigenvalue weighted by molar-refractivity contribution is 0.0987. The smallest absolute Gasteiger partial charge is 0.236 e. The van der Waals surface area contributed by atoms with Crippen molar-refractivity contribution in [2.75, 3.05) is 30.9 Å². The number of nitrogens with one attached hydrogen (secondary N) is 1. The Morgan fingerprint density at radius 3 is 2.90 bits per heavy atom. The lowest BCUT2D eigenvalue weighted by atomic mass is 10.1. The number of morpholine rings is 1. The van der Waals surface area contributed by atoms with E-state index in [4.69, 9.17) is 9.72 Å². The number of pyridine rings is 2. The molecular weight excluding hydrogens is 390 g/mol. The summed E-state index contributed by atoms with van der Waals surface area (Å²) in [5.41, 5.74) is 3.06. The van der Waals surface area contributed by atoms with Crippen molar-refractivity contribution in [1.82, 2.24) is 18.9 Å². The molecule has 0 aliphatic carbocycles. The van der Waals surface area contributed by atoms with Gasteiger partial charge in [0.15, 0.2) is 0 Å². The zero-order valence-corrected chi connectivity index (χ0v) is 17.0. The van der Waals surface area contributed by atoms with Gasteiger partial charge >= 0.3 is 0 Å². The van der Waals surface area contributed by atoms with Crippen molar-refractivity contribution in [2.24, 2.45) is 0 Å². The van der Waals surface area contributed by atoms with E-state index in [0.717, 1.165) is 27.7 Å². The van der Waals surface area contributed by atoms with Gasteiger partial charge in [-0.2, -0.15) is 0 Å². The van der Waals surface area contributed by atoms with Crippen LogP contribution < -0.4 is 4.90 Å². The lowest BCUT2D eigenvalue weighted by Crippen LogP contribution is -2.44. The van der Waals surface area contributed by atoms with Crippen LogP contribution in [0.4, 0.5) is 5.82 Å². The Labute approximate surface area is 168 Å². The van der Waals surface area contributed by atoms with E-state index in [1.54, 1.807) is 18.6 Å². The van der Waals surface area contributed by atoms with Gasteiger partial charge in [-0.1, -0.05) is 0 Å². The fourth-order valence-corrected chi connectivity index (χ4v) is 4.76. The van der Waals surface area contributed by atoms with Crippen LogP contribution in [0.5, 0.6) is 0 Å². The summed E-state index contributed by atoms with van der Waals surface area (Å²) in [5.74, 6) is 0.767. The highest BCUT2D eigenvalue weighted by Crippen LogP contribution is 2.35. The molecule has 1 atom stereocenters. The summed E-state index contributed by atoms with van der Waals surface area (Å²) >= 11 is 0. The molecule has 0 spiro atoms. The largest absolute Gasteiger partial charge is 0.377 e. The average molecular weight is 411 g/mol. The van der Waals surface area contributed by atoms with Crippen LogP contribution in [0.25, 0.3) is 33.1 Å². The van der Waals surface area contributed by atoms with Crippen LogP contribution in [0.2, 0.25) is 0 Å². The van der Waals surface area contributed by atoms with Crippen LogP contribution in [0.1, 0.15) is 6.92 Å². The van der Waals surface area contributed by atoms with E-state index in [1.165, 1.54) is 10.2 Å². The van der Waals surface area contributed by atoms with E-state index in [9.17, 15) is 8.42 Å². The summed E-state index contributed by atoms with van der Waals surface area (Å²) in [6.45, 7) is 4.00. The first-order valence-corrected chi connectivity index (χ1v) is 11.3. The Bertz CT molecular complexity index is 1320. The molecule has 9 heteroatoms. The second-order valence-electron chi connectivity index (χ2n) is 7.38. The van der Waals surface area contributed by atoms with Crippen LogP contribution in [0.3, 0.4) is 0 Å². The fourth-order valence-electron chi connectivity index (χ4n) is 3.97. The minimum Gasteiger partial charge on any atom is -0.377 e.